The lowest BCUT2D eigenvalue weighted by Crippen LogP contribution is -2.49. The molecule has 0 amide bonds. The molecule has 2 aromatic carbocycles. The molecular weight excluding hydrogens is 413 g/mol. The molecule has 0 radical (unpaired) electrons. The lowest BCUT2D eigenvalue weighted by Gasteiger charge is -2.34. The Balaban J connectivity index is 1.29. The largest absolute Gasteiger partial charge is 0.461 e. The van der Waals surface area contributed by atoms with Crippen LogP contribution in [0.2, 0.25) is 0 Å². The minimum absolute atomic E-state index is 0.101. The van der Waals surface area contributed by atoms with Crippen molar-refractivity contribution in [3.05, 3.63) is 78.1 Å². The number of ether oxygens (including phenoxy) is 1. The van der Waals surface area contributed by atoms with Crippen molar-refractivity contribution in [2.75, 3.05) is 26.2 Å². The van der Waals surface area contributed by atoms with Gasteiger partial charge in [-0.25, -0.2) is 19.2 Å². The van der Waals surface area contributed by atoms with Gasteiger partial charge in [0.2, 0.25) is 5.90 Å². The maximum Gasteiger partial charge on any atom is 0.365 e. The van der Waals surface area contributed by atoms with Gasteiger partial charge in [0, 0.05) is 43.3 Å². The van der Waals surface area contributed by atoms with E-state index >= 15 is 0 Å². The van der Waals surface area contributed by atoms with Gasteiger partial charge in [-0.2, -0.15) is 0 Å². The van der Waals surface area contributed by atoms with Crippen molar-refractivity contribution in [2.24, 2.45) is 15.7 Å². The van der Waals surface area contributed by atoms with Gasteiger partial charge in [-0.15, -0.1) is 0 Å². The van der Waals surface area contributed by atoms with Crippen LogP contribution in [0.1, 0.15) is 5.56 Å². The zero-order valence-corrected chi connectivity index (χ0v) is 17.1. The number of benzene rings is 2. The molecule has 0 bridgehead atoms. The number of fused-ring (bicyclic) bond motifs is 1. The second-order valence-corrected chi connectivity index (χ2v) is 7.41. The molecule has 3 aromatic rings. The lowest BCUT2D eigenvalue weighted by molar-refractivity contribution is -0.130. The first-order chi connectivity index (χ1) is 15.6. The fourth-order valence-corrected chi connectivity index (χ4v) is 3.69. The van der Waals surface area contributed by atoms with E-state index in [-0.39, 0.29) is 17.2 Å². The van der Waals surface area contributed by atoms with Crippen molar-refractivity contribution in [1.82, 2.24) is 9.80 Å². The Morgan fingerprint density at radius 3 is 2.66 bits per heavy atom. The molecule has 32 heavy (non-hydrogen) atoms. The molecule has 0 saturated carbocycles. The predicted molar refractivity (Wildman–Crippen MR) is 118 cm³/mol. The van der Waals surface area contributed by atoms with Crippen LogP contribution >= 0.6 is 0 Å². The standard InChI is InChI=1S/C23H20FN5O3/c24-18-7-6-17(16-8-13-31-20(16)18)21-27-19(22(30)32-21)14-28-9-11-29(12-10-28)23(25)26-15-4-2-1-3-5-15/h1-8,13-14H,9-12H2,(H2,25,26). The van der Waals surface area contributed by atoms with Crippen LogP contribution in [0.3, 0.4) is 0 Å². The van der Waals surface area contributed by atoms with Gasteiger partial charge in [0.25, 0.3) is 0 Å². The maximum atomic E-state index is 13.9. The Hall–Kier alpha value is -4.14. The molecule has 0 unspecified atom stereocenters. The van der Waals surface area contributed by atoms with Crippen molar-refractivity contribution in [1.29, 1.82) is 0 Å². The number of esters is 1. The Kier molecular flexibility index (Phi) is 5.06. The van der Waals surface area contributed by atoms with Crippen molar-refractivity contribution >= 4 is 34.5 Å². The van der Waals surface area contributed by atoms with Gasteiger partial charge in [0.1, 0.15) is 0 Å². The van der Waals surface area contributed by atoms with Crippen molar-refractivity contribution in [2.45, 2.75) is 0 Å². The fraction of sp³-hybridized carbons (Fsp3) is 0.174. The number of hydrogen-bond donors (Lipinski definition) is 1. The van der Waals surface area contributed by atoms with Crippen LogP contribution in [0, 0.1) is 5.82 Å². The summed E-state index contributed by atoms with van der Waals surface area (Å²) in [5.41, 5.74) is 7.75. The summed E-state index contributed by atoms with van der Waals surface area (Å²) in [5, 5.41) is 0.500. The van der Waals surface area contributed by atoms with Gasteiger partial charge in [0.05, 0.1) is 12.0 Å². The zero-order chi connectivity index (χ0) is 22.1. The number of para-hydroxylation sites is 1. The van der Waals surface area contributed by atoms with Crippen LogP contribution in [-0.4, -0.2) is 53.8 Å². The van der Waals surface area contributed by atoms with E-state index in [4.69, 9.17) is 14.9 Å². The summed E-state index contributed by atoms with van der Waals surface area (Å²) in [4.78, 5) is 25.2. The first-order valence-corrected chi connectivity index (χ1v) is 10.2. The monoisotopic (exact) mass is 433 g/mol. The Morgan fingerprint density at radius 2 is 1.88 bits per heavy atom. The van der Waals surface area contributed by atoms with Gasteiger partial charge < -0.3 is 24.7 Å². The number of guanidine groups is 1. The number of hydrogen-bond acceptors (Lipinski definition) is 6. The number of cyclic esters (lactones) is 1. The first-order valence-electron chi connectivity index (χ1n) is 10.2. The van der Waals surface area contributed by atoms with Crippen LogP contribution in [0.4, 0.5) is 10.1 Å². The normalized spacial score (nSPS) is 18.4. The lowest BCUT2D eigenvalue weighted by atomic mass is 10.1. The van der Waals surface area contributed by atoms with Crippen molar-refractivity contribution < 1.29 is 18.3 Å². The number of carbonyl (C=O) groups is 1. The molecule has 1 aromatic heterocycles. The zero-order valence-electron chi connectivity index (χ0n) is 17.1. The van der Waals surface area contributed by atoms with E-state index in [2.05, 4.69) is 9.98 Å². The molecular formula is C23H20FN5O3. The smallest absolute Gasteiger partial charge is 0.365 e. The molecule has 5 rings (SSSR count). The molecule has 1 saturated heterocycles. The summed E-state index contributed by atoms with van der Waals surface area (Å²) < 4.78 is 24.4. The Bertz CT molecular complexity index is 1260. The molecule has 9 heteroatoms. The summed E-state index contributed by atoms with van der Waals surface area (Å²) in [6, 6.07) is 13.9. The highest BCUT2D eigenvalue weighted by molar-refractivity contribution is 6.15. The molecule has 2 aliphatic rings. The number of aliphatic imine (C=N–C) groups is 2. The van der Waals surface area contributed by atoms with E-state index < -0.39 is 11.8 Å². The van der Waals surface area contributed by atoms with E-state index in [1.807, 2.05) is 40.1 Å². The van der Waals surface area contributed by atoms with Gasteiger partial charge in [0.15, 0.2) is 23.1 Å². The van der Waals surface area contributed by atoms with Crippen LogP contribution in [0.5, 0.6) is 0 Å². The minimum Gasteiger partial charge on any atom is -0.461 e. The molecule has 1 fully saturated rings. The van der Waals surface area contributed by atoms with E-state index in [0.717, 1.165) is 5.69 Å². The Morgan fingerprint density at radius 1 is 1.09 bits per heavy atom. The number of nitrogens with zero attached hydrogens (tertiary/aromatic N) is 4. The minimum atomic E-state index is -0.548. The van der Waals surface area contributed by atoms with E-state index in [9.17, 15) is 9.18 Å². The summed E-state index contributed by atoms with van der Waals surface area (Å²) >= 11 is 0. The number of carbonyl (C=O) groups excluding carboxylic acids is 1. The highest BCUT2D eigenvalue weighted by Gasteiger charge is 2.28. The highest BCUT2D eigenvalue weighted by Crippen LogP contribution is 2.27. The second kappa shape index (κ2) is 8.18. The topological polar surface area (TPSA) is 96.7 Å². The number of halogens is 1. The molecule has 2 N–H and O–H groups in total. The summed E-state index contributed by atoms with van der Waals surface area (Å²) in [5.74, 6) is -0.439. The van der Waals surface area contributed by atoms with Crippen LogP contribution < -0.4 is 5.73 Å². The summed E-state index contributed by atoms with van der Waals surface area (Å²) in [7, 11) is 0. The number of piperazine rings is 1. The summed E-state index contributed by atoms with van der Waals surface area (Å²) in [6.45, 7) is 2.61. The molecule has 0 atom stereocenters. The Labute approximate surface area is 183 Å². The van der Waals surface area contributed by atoms with Crippen LogP contribution in [-0.2, 0) is 9.53 Å². The van der Waals surface area contributed by atoms with E-state index in [1.54, 1.807) is 12.3 Å². The van der Waals surface area contributed by atoms with E-state index in [1.165, 1.54) is 18.4 Å². The van der Waals surface area contributed by atoms with Crippen LogP contribution in [0.15, 0.2) is 81.1 Å². The third-order valence-corrected chi connectivity index (χ3v) is 5.36. The van der Waals surface area contributed by atoms with Gasteiger partial charge in [-0.3, -0.25) is 0 Å². The highest BCUT2D eigenvalue weighted by atomic mass is 19.1. The second-order valence-electron chi connectivity index (χ2n) is 7.41. The fourth-order valence-electron chi connectivity index (χ4n) is 3.69. The number of rotatable bonds is 3. The third kappa shape index (κ3) is 3.80. The van der Waals surface area contributed by atoms with Crippen LogP contribution in [0.25, 0.3) is 11.0 Å². The average Bonchev–Trinajstić information content (AvgIpc) is 3.43. The van der Waals surface area contributed by atoms with Crippen molar-refractivity contribution in [3.63, 3.8) is 0 Å². The molecule has 2 aliphatic heterocycles. The quantitative estimate of drug-likeness (QED) is 0.295. The van der Waals surface area contributed by atoms with Crippen molar-refractivity contribution in [3.8, 4) is 0 Å². The first kappa shape index (κ1) is 19.8. The van der Waals surface area contributed by atoms with Gasteiger partial charge >= 0.3 is 5.97 Å². The van der Waals surface area contributed by atoms with E-state index in [0.29, 0.717) is 43.1 Å². The molecule has 3 heterocycles. The van der Waals surface area contributed by atoms with Gasteiger partial charge in [-0.05, 0) is 30.3 Å². The number of furan rings is 1. The van der Waals surface area contributed by atoms with Gasteiger partial charge in [-0.1, -0.05) is 18.2 Å². The SMILES string of the molecule is NC(=Nc1ccccc1)N1CCN(C=C2N=C(c3ccc(F)c4occc34)OC2=O)CC1. The average molecular weight is 433 g/mol. The molecule has 0 aliphatic carbocycles. The number of nitrogens with two attached hydrogens (primary N) is 1. The third-order valence-electron chi connectivity index (χ3n) is 5.36. The molecule has 162 valence electrons. The molecule has 0 spiro atoms. The maximum absolute atomic E-state index is 13.9. The summed E-state index contributed by atoms with van der Waals surface area (Å²) in [6.07, 6.45) is 3.07. The molecule has 8 nitrogen and oxygen atoms in total. The predicted octanol–water partition coefficient (Wildman–Crippen LogP) is 2.98.